The average Bonchev–Trinajstić information content (AvgIpc) is 2.69. The third-order valence-electron chi connectivity index (χ3n) is 2.93. The molecule has 1 saturated heterocycles. The van der Waals surface area contributed by atoms with Gasteiger partial charge in [0.15, 0.2) is 11.4 Å². The molecule has 2 N–H and O–H groups in total. The van der Waals surface area contributed by atoms with Gasteiger partial charge in [-0.05, 0) is 13.0 Å². The Balaban J connectivity index is 2.15. The highest BCUT2D eigenvalue weighted by molar-refractivity contribution is 5.84. The quantitative estimate of drug-likeness (QED) is 0.739. The number of piperazine rings is 1. The molecule has 3 heterocycles. The summed E-state index contributed by atoms with van der Waals surface area (Å²) < 4.78 is 5.17. The van der Waals surface area contributed by atoms with Gasteiger partial charge < -0.3 is 14.6 Å². The van der Waals surface area contributed by atoms with Crippen LogP contribution in [-0.2, 0) is 0 Å². The summed E-state index contributed by atoms with van der Waals surface area (Å²) in [5.41, 5.74) is 2.15. The number of aromatic amines is 1. The topological polar surface area (TPSA) is 74.2 Å². The summed E-state index contributed by atoms with van der Waals surface area (Å²) in [5.74, 6) is 0.337. The maximum Gasteiger partial charge on any atom is 0.417 e. The van der Waals surface area contributed by atoms with Crippen LogP contribution in [0.15, 0.2) is 15.3 Å². The Hall–Kier alpha value is -1.82. The Morgan fingerprint density at radius 1 is 1.41 bits per heavy atom. The van der Waals surface area contributed by atoms with E-state index in [2.05, 4.69) is 20.2 Å². The van der Waals surface area contributed by atoms with E-state index in [1.54, 1.807) is 0 Å². The van der Waals surface area contributed by atoms with E-state index < -0.39 is 5.76 Å². The van der Waals surface area contributed by atoms with Crippen molar-refractivity contribution >= 4 is 16.9 Å². The lowest BCUT2D eigenvalue weighted by Gasteiger charge is -2.28. The summed E-state index contributed by atoms with van der Waals surface area (Å²) in [6.45, 7) is 5.51. The lowest BCUT2D eigenvalue weighted by Crippen LogP contribution is -2.44. The zero-order valence-electron chi connectivity index (χ0n) is 9.62. The van der Waals surface area contributed by atoms with Crippen LogP contribution in [0.1, 0.15) is 5.69 Å². The number of H-pyrrole nitrogens is 1. The molecule has 1 aliphatic heterocycles. The molecule has 0 spiro atoms. The number of pyridine rings is 1. The van der Waals surface area contributed by atoms with E-state index in [0.29, 0.717) is 5.58 Å². The Kier molecular flexibility index (Phi) is 2.36. The van der Waals surface area contributed by atoms with Crippen LogP contribution in [-0.4, -0.2) is 36.1 Å². The van der Waals surface area contributed by atoms with E-state index in [1.165, 1.54) is 0 Å². The van der Waals surface area contributed by atoms with Gasteiger partial charge in [0.05, 0.1) is 5.52 Å². The van der Waals surface area contributed by atoms with Crippen molar-refractivity contribution in [3.05, 3.63) is 22.3 Å². The lowest BCUT2D eigenvalue weighted by molar-refractivity contribution is 0.545. The van der Waals surface area contributed by atoms with Gasteiger partial charge in [0.2, 0.25) is 0 Å². The van der Waals surface area contributed by atoms with Gasteiger partial charge in [0, 0.05) is 31.9 Å². The second kappa shape index (κ2) is 3.89. The fourth-order valence-corrected chi connectivity index (χ4v) is 2.16. The molecule has 0 atom stereocenters. The number of nitrogens with zero attached hydrogens (tertiary/aromatic N) is 2. The molecule has 17 heavy (non-hydrogen) atoms. The Morgan fingerprint density at radius 2 is 2.18 bits per heavy atom. The van der Waals surface area contributed by atoms with E-state index in [0.717, 1.165) is 43.2 Å². The van der Waals surface area contributed by atoms with E-state index in [9.17, 15) is 4.79 Å². The van der Waals surface area contributed by atoms with Gasteiger partial charge >= 0.3 is 5.76 Å². The molecule has 0 bridgehead atoms. The summed E-state index contributed by atoms with van der Waals surface area (Å²) in [6.07, 6.45) is 0. The first-order chi connectivity index (χ1) is 8.24. The SMILES string of the molecule is Cc1cc2[nH]c(=O)oc2c(N2CCNCC2)n1. The first kappa shape index (κ1) is 10.3. The average molecular weight is 234 g/mol. The number of aromatic nitrogens is 2. The molecular formula is C11H14N4O2. The largest absolute Gasteiger partial charge is 0.417 e. The Labute approximate surface area is 97.6 Å². The van der Waals surface area contributed by atoms with Crippen LogP contribution >= 0.6 is 0 Å². The normalized spacial score (nSPS) is 16.6. The van der Waals surface area contributed by atoms with E-state index in [4.69, 9.17) is 4.42 Å². The number of anilines is 1. The molecule has 6 heteroatoms. The number of rotatable bonds is 1. The third kappa shape index (κ3) is 1.80. The smallest absolute Gasteiger partial charge is 0.404 e. The van der Waals surface area contributed by atoms with Gasteiger partial charge in [-0.1, -0.05) is 0 Å². The fourth-order valence-electron chi connectivity index (χ4n) is 2.16. The molecule has 0 aliphatic carbocycles. The summed E-state index contributed by atoms with van der Waals surface area (Å²) >= 11 is 0. The molecule has 0 radical (unpaired) electrons. The number of hydrogen-bond acceptors (Lipinski definition) is 5. The Morgan fingerprint density at radius 3 is 2.94 bits per heavy atom. The van der Waals surface area contributed by atoms with Crippen LogP contribution in [0.25, 0.3) is 11.1 Å². The molecule has 2 aromatic rings. The number of oxazole rings is 1. The number of nitrogens with one attached hydrogen (secondary N) is 2. The maximum absolute atomic E-state index is 11.3. The van der Waals surface area contributed by atoms with Crippen LogP contribution in [0.3, 0.4) is 0 Å². The van der Waals surface area contributed by atoms with E-state index >= 15 is 0 Å². The van der Waals surface area contributed by atoms with Gasteiger partial charge in [-0.15, -0.1) is 0 Å². The van der Waals surface area contributed by atoms with Gasteiger partial charge in [0.1, 0.15) is 0 Å². The standard InChI is InChI=1S/C11H14N4O2/c1-7-6-8-9(17-11(16)14-8)10(13-7)15-4-2-12-3-5-15/h6,12H,2-5H2,1H3,(H,14,16). The predicted octanol–water partition coefficient (Wildman–Crippen LogP) is 0.234. The minimum atomic E-state index is -0.427. The van der Waals surface area contributed by atoms with Crippen molar-refractivity contribution in [1.82, 2.24) is 15.3 Å². The fraction of sp³-hybridized carbons (Fsp3) is 0.455. The van der Waals surface area contributed by atoms with Crippen molar-refractivity contribution in [3.63, 3.8) is 0 Å². The van der Waals surface area contributed by atoms with Gasteiger partial charge in [-0.3, -0.25) is 4.98 Å². The Bertz CT molecular complexity index is 595. The molecule has 0 unspecified atom stereocenters. The summed E-state index contributed by atoms with van der Waals surface area (Å²) in [6, 6.07) is 1.83. The van der Waals surface area contributed by atoms with Crippen molar-refractivity contribution < 1.29 is 4.42 Å². The monoisotopic (exact) mass is 234 g/mol. The first-order valence-corrected chi connectivity index (χ1v) is 5.70. The molecule has 0 amide bonds. The molecular weight excluding hydrogens is 220 g/mol. The zero-order chi connectivity index (χ0) is 11.8. The molecule has 2 aromatic heterocycles. The van der Waals surface area contributed by atoms with E-state index in [-0.39, 0.29) is 0 Å². The molecule has 0 aromatic carbocycles. The maximum atomic E-state index is 11.3. The van der Waals surface area contributed by atoms with Crippen LogP contribution in [0.2, 0.25) is 0 Å². The molecule has 0 saturated carbocycles. The van der Waals surface area contributed by atoms with Crippen molar-refractivity contribution in [1.29, 1.82) is 0 Å². The van der Waals surface area contributed by atoms with Crippen molar-refractivity contribution in [2.45, 2.75) is 6.92 Å². The second-order valence-electron chi connectivity index (χ2n) is 4.22. The summed E-state index contributed by atoms with van der Waals surface area (Å²) in [7, 11) is 0. The highest BCUT2D eigenvalue weighted by atomic mass is 16.4. The number of hydrogen-bond donors (Lipinski definition) is 2. The van der Waals surface area contributed by atoms with Crippen LogP contribution < -0.4 is 16.0 Å². The first-order valence-electron chi connectivity index (χ1n) is 5.70. The molecule has 90 valence electrons. The van der Waals surface area contributed by atoms with Crippen LogP contribution in [0.4, 0.5) is 5.82 Å². The van der Waals surface area contributed by atoms with Gasteiger partial charge in [-0.25, -0.2) is 9.78 Å². The lowest BCUT2D eigenvalue weighted by atomic mass is 10.3. The highest BCUT2D eigenvalue weighted by Crippen LogP contribution is 2.23. The molecule has 1 aliphatic rings. The minimum absolute atomic E-state index is 0.427. The van der Waals surface area contributed by atoms with Crippen LogP contribution in [0, 0.1) is 6.92 Å². The molecule has 6 nitrogen and oxygen atoms in total. The van der Waals surface area contributed by atoms with Crippen molar-refractivity contribution in [2.75, 3.05) is 31.1 Å². The van der Waals surface area contributed by atoms with Gasteiger partial charge in [-0.2, -0.15) is 0 Å². The molecule has 1 fully saturated rings. The minimum Gasteiger partial charge on any atom is -0.404 e. The number of fused-ring (bicyclic) bond motifs is 1. The number of aryl methyl sites for hydroxylation is 1. The van der Waals surface area contributed by atoms with Crippen molar-refractivity contribution in [2.24, 2.45) is 0 Å². The predicted molar refractivity (Wildman–Crippen MR) is 64.4 cm³/mol. The third-order valence-corrected chi connectivity index (χ3v) is 2.93. The van der Waals surface area contributed by atoms with Crippen molar-refractivity contribution in [3.8, 4) is 0 Å². The highest BCUT2D eigenvalue weighted by Gasteiger charge is 2.18. The summed E-state index contributed by atoms with van der Waals surface area (Å²) in [4.78, 5) is 20.6. The summed E-state index contributed by atoms with van der Waals surface area (Å²) in [5, 5.41) is 3.28. The van der Waals surface area contributed by atoms with E-state index in [1.807, 2.05) is 13.0 Å². The van der Waals surface area contributed by atoms with Crippen LogP contribution in [0.5, 0.6) is 0 Å². The van der Waals surface area contributed by atoms with Gasteiger partial charge in [0.25, 0.3) is 0 Å². The molecule has 3 rings (SSSR count). The second-order valence-corrected chi connectivity index (χ2v) is 4.22. The zero-order valence-corrected chi connectivity index (χ0v) is 9.62.